The number of aromatic nitrogens is 2. The van der Waals surface area contributed by atoms with Gasteiger partial charge in [0.05, 0.1) is 5.69 Å². The number of nitrogens with one attached hydrogen (secondary N) is 1. The number of hydrogen-bond acceptors (Lipinski definition) is 4. The third-order valence-electron chi connectivity index (χ3n) is 3.38. The molecular formula is C14H17N3S2. The van der Waals surface area contributed by atoms with Crippen LogP contribution in [0.3, 0.4) is 0 Å². The minimum atomic E-state index is 0.361. The quantitative estimate of drug-likeness (QED) is 0.779. The van der Waals surface area contributed by atoms with Crippen molar-refractivity contribution in [3.8, 4) is 0 Å². The number of nitrogens with zero attached hydrogens (tertiary/aromatic N) is 2. The lowest BCUT2D eigenvalue weighted by Crippen LogP contribution is -2.19. The lowest BCUT2D eigenvalue weighted by Gasteiger charge is -2.15. The molecule has 5 heteroatoms. The van der Waals surface area contributed by atoms with Crippen molar-refractivity contribution in [3.05, 3.63) is 45.4 Å². The zero-order valence-corrected chi connectivity index (χ0v) is 12.7. The van der Waals surface area contributed by atoms with Gasteiger partial charge in [0.2, 0.25) is 0 Å². The summed E-state index contributed by atoms with van der Waals surface area (Å²) in [5.41, 5.74) is 2.60. The van der Waals surface area contributed by atoms with Crippen LogP contribution in [-0.2, 0) is 12.8 Å². The van der Waals surface area contributed by atoms with Crippen LogP contribution in [0.1, 0.15) is 29.1 Å². The van der Waals surface area contributed by atoms with Crippen LogP contribution in [0, 0.1) is 0 Å². The zero-order valence-electron chi connectivity index (χ0n) is 11.1. The number of fused-ring (bicyclic) bond motifs is 1. The Labute approximate surface area is 120 Å². The molecule has 0 aliphatic rings. The van der Waals surface area contributed by atoms with Crippen molar-refractivity contribution in [1.29, 1.82) is 0 Å². The number of imidazole rings is 1. The summed E-state index contributed by atoms with van der Waals surface area (Å²) in [6, 6.07) is 2.59. The lowest BCUT2D eigenvalue weighted by atomic mass is 10.1. The molecule has 100 valence electrons. The van der Waals surface area contributed by atoms with Gasteiger partial charge in [-0.15, -0.1) is 22.7 Å². The molecule has 1 N–H and O–H groups in total. The van der Waals surface area contributed by atoms with Gasteiger partial charge < -0.3 is 5.32 Å². The first-order valence-electron chi connectivity index (χ1n) is 6.46. The predicted octanol–water partition coefficient (Wildman–Crippen LogP) is 3.52. The number of aryl methyl sites for hydroxylation is 1. The molecule has 1 atom stereocenters. The molecular weight excluding hydrogens is 274 g/mol. The highest BCUT2D eigenvalue weighted by Gasteiger charge is 2.16. The summed E-state index contributed by atoms with van der Waals surface area (Å²) >= 11 is 3.52. The van der Waals surface area contributed by atoms with E-state index in [4.69, 9.17) is 0 Å². The van der Waals surface area contributed by atoms with E-state index in [2.05, 4.69) is 50.8 Å². The van der Waals surface area contributed by atoms with Gasteiger partial charge in [0.1, 0.15) is 0 Å². The highest BCUT2D eigenvalue weighted by molar-refractivity contribution is 7.15. The molecule has 0 radical (unpaired) electrons. The summed E-state index contributed by atoms with van der Waals surface area (Å²) in [4.78, 5) is 7.19. The summed E-state index contributed by atoms with van der Waals surface area (Å²) in [5.74, 6) is 0. The molecule has 0 aliphatic heterocycles. The number of likely N-dealkylation sites (N-methyl/N-ethyl adjacent to an activating group) is 1. The Balaban J connectivity index is 1.85. The Bertz CT molecular complexity index is 636. The van der Waals surface area contributed by atoms with Crippen LogP contribution in [0.25, 0.3) is 4.96 Å². The Kier molecular flexibility index (Phi) is 3.68. The monoisotopic (exact) mass is 291 g/mol. The summed E-state index contributed by atoms with van der Waals surface area (Å²) in [7, 11) is 2.03. The van der Waals surface area contributed by atoms with E-state index < -0.39 is 0 Å². The van der Waals surface area contributed by atoms with Gasteiger partial charge in [-0.1, -0.05) is 6.92 Å². The molecule has 0 bridgehead atoms. The van der Waals surface area contributed by atoms with Gasteiger partial charge in [-0.3, -0.25) is 4.40 Å². The SMILES string of the molecule is CCc1ccsc1C(Cc1cn2ccsc2n1)NC. The fraction of sp³-hybridized carbons (Fsp3) is 0.357. The molecule has 3 nitrogen and oxygen atoms in total. The van der Waals surface area contributed by atoms with Crippen molar-refractivity contribution in [2.45, 2.75) is 25.8 Å². The molecule has 3 rings (SSSR count). The molecule has 0 aliphatic carbocycles. The molecule has 0 saturated heterocycles. The summed E-state index contributed by atoms with van der Waals surface area (Å²) < 4.78 is 2.10. The Morgan fingerprint density at radius 3 is 3.00 bits per heavy atom. The van der Waals surface area contributed by atoms with Crippen LogP contribution < -0.4 is 5.32 Å². The highest BCUT2D eigenvalue weighted by Crippen LogP contribution is 2.27. The van der Waals surface area contributed by atoms with Gasteiger partial charge in [-0.05, 0) is 30.5 Å². The fourth-order valence-corrected chi connectivity index (χ4v) is 4.18. The first kappa shape index (κ1) is 12.8. The van der Waals surface area contributed by atoms with Gasteiger partial charge in [-0.25, -0.2) is 4.98 Å². The van der Waals surface area contributed by atoms with Gasteiger partial charge in [0, 0.05) is 35.1 Å². The number of hydrogen-bond donors (Lipinski definition) is 1. The van der Waals surface area contributed by atoms with Crippen molar-refractivity contribution < 1.29 is 0 Å². The fourth-order valence-electron chi connectivity index (χ4n) is 2.35. The normalized spacial score (nSPS) is 13.2. The van der Waals surface area contributed by atoms with E-state index in [1.807, 2.05) is 18.4 Å². The molecule has 0 fully saturated rings. The smallest absolute Gasteiger partial charge is 0.193 e. The van der Waals surface area contributed by atoms with E-state index in [1.165, 1.54) is 10.4 Å². The second kappa shape index (κ2) is 5.45. The maximum absolute atomic E-state index is 4.67. The lowest BCUT2D eigenvalue weighted by molar-refractivity contribution is 0.591. The van der Waals surface area contributed by atoms with E-state index in [1.54, 1.807) is 11.3 Å². The average molecular weight is 291 g/mol. The van der Waals surface area contributed by atoms with Gasteiger partial charge in [0.25, 0.3) is 0 Å². The van der Waals surface area contributed by atoms with E-state index in [0.29, 0.717) is 6.04 Å². The van der Waals surface area contributed by atoms with E-state index in [0.717, 1.165) is 23.5 Å². The van der Waals surface area contributed by atoms with E-state index in [9.17, 15) is 0 Å². The summed E-state index contributed by atoms with van der Waals surface area (Å²) in [6.07, 6.45) is 6.23. The zero-order chi connectivity index (χ0) is 13.2. The van der Waals surface area contributed by atoms with Crippen LogP contribution in [0.5, 0.6) is 0 Å². The first-order valence-corrected chi connectivity index (χ1v) is 8.22. The van der Waals surface area contributed by atoms with Crippen molar-refractivity contribution in [2.75, 3.05) is 7.05 Å². The van der Waals surface area contributed by atoms with Crippen LogP contribution >= 0.6 is 22.7 Å². The van der Waals surface area contributed by atoms with E-state index >= 15 is 0 Å². The van der Waals surface area contributed by atoms with Crippen LogP contribution in [-0.4, -0.2) is 16.4 Å². The molecule has 3 aromatic heterocycles. The van der Waals surface area contributed by atoms with Gasteiger partial charge in [0.15, 0.2) is 4.96 Å². The highest BCUT2D eigenvalue weighted by atomic mass is 32.1. The Morgan fingerprint density at radius 2 is 2.26 bits per heavy atom. The molecule has 0 spiro atoms. The van der Waals surface area contributed by atoms with Crippen LogP contribution in [0.2, 0.25) is 0 Å². The summed E-state index contributed by atoms with van der Waals surface area (Å²) in [5, 5.41) is 7.68. The predicted molar refractivity (Wildman–Crippen MR) is 82.3 cm³/mol. The van der Waals surface area contributed by atoms with Crippen LogP contribution in [0.15, 0.2) is 29.2 Å². The average Bonchev–Trinajstić information content (AvgIpc) is 3.10. The second-order valence-corrected chi connectivity index (χ2v) is 6.35. The maximum atomic E-state index is 4.67. The van der Waals surface area contributed by atoms with Crippen molar-refractivity contribution >= 4 is 27.6 Å². The van der Waals surface area contributed by atoms with Gasteiger partial charge >= 0.3 is 0 Å². The molecule has 0 saturated carbocycles. The molecule has 1 unspecified atom stereocenters. The largest absolute Gasteiger partial charge is 0.312 e. The van der Waals surface area contributed by atoms with Crippen molar-refractivity contribution in [2.24, 2.45) is 0 Å². The van der Waals surface area contributed by atoms with Crippen molar-refractivity contribution in [3.63, 3.8) is 0 Å². The second-order valence-electron chi connectivity index (χ2n) is 4.53. The minimum Gasteiger partial charge on any atom is -0.312 e. The molecule has 3 aromatic rings. The number of rotatable bonds is 5. The Morgan fingerprint density at radius 1 is 1.37 bits per heavy atom. The Hall–Kier alpha value is -1.17. The topological polar surface area (TPSA) is 29.3 Å². The van der Waals surface area contributed by atoms with E-state index in [-0.39, 0.29) is 0 Å². The maximum Gasteiger partial charge on any atom is 0.193 e. The minimum absolute atomic E-state index is 0.361. The van der Waals surface area contributed by atoms with Crippen molar-refractivity contribution in [1.82, 2.24) is 14.7 Å². The third kappa shape index (κ3) is 2.45. The number of thiophene rings is 1. The standard InChI is InChI=1S/C14H17N3S2/c1-3-10-4-6-18-13(10)12(15-2)8-11-9-17-5-7-19-14(17)16-11/h4-7,9,12,15H,3,8H2,1-2H3. The molecule has 0 aromatic carbocycles. The first-order chi connectivity index (χ1) is 9.31. The van der Waals surface area contributed by atoms with Gasteiger partial charge in [-0.2, -0.15) is 0 Å². The molecule has 0 amide bonds. The third-order valence-corrected chi connectivity index (χ3v) is 5.23. The number of thiazole rings is 1. The van der Waals surface area contributed by atoms with Crippen LogP contribution in [0.4, 0.5) is 0 Å². The molecule has 19 heavy (non-hydrogen) atoms. The summed E-state index contributed by atoms with van der Waals surface area (Å²) in [6.45, 7) is 2.21. The molecule has 3 heterocycles.